The van der Waals surface area contributed by atoms with Crippen LogP contribution in [0.25, 0.3) is 0 Å². The van der Waals surface area contributed by atoms with Crippen LogP contribution in [-0.4, -0.2) is 76.2 Å². The van der Waals surface area contributed by atoms with E-state index in [1.807, 2.05) is 11.0 Å². The summed E-state index contributed by atoms with van der Waals surface area (Å²) < 4.78 is 4.95. The molecule has 0 aliphatic carbocycles. The van der Waals surface area contributed by atoms with Crippen molar-refractivity contribution in [2.75, 3.05) is 58.4 Å². The molecule has 0 radical (unpaired) electrons. The quantitative estimate of drug-likeness (QED) is 0.231. The van der Waals surface area contributed by atoms with Gasteiger partial charge in [0.15, 0.2) is 5.96 Å². The Bertz CT molecular complexity index is 758. The highest BCUT2D eigenvalue weighted by atomic mass is 127. The number of amides is 2. The van der Waals surface area contributed by atoms with Crippen LogP contribution < -0.4 is 15.5 Å². The second-order valence-corrected chi connectivity index (χ2v) is 7.38. The summed E-state index contributed by atoms with van der Waals surface area (Å²) in [5.74, 6) is 1.18. The van der Waals surface area contributed by atoms with Gasteiger partial charge in [0.05, 0.1) is 13.2 Å². The van der Waals surface area contributed by atoms with Crippen LogP contribution in [0.15, 0.2) is 29.3 Å². The van der Waals surface area contributed by atoms with Crippen LogP contribution in [0, 0.1) is 0 Å². The first-order valence-corrected chi connectivity index (χ1v) is 10.2. The molecule has 2 aliphatic rings. The van der Waals surface area contributed by atoms with Crippen molar-refractivity contribution in [3.63, 3.8) is 0 Å². The smallest absolute Gasteiger partial charge is 0.239 e. The third kappa shape index (κ3) is 6.07. The maximum atomic E-state index is 12.0. The number of rotatable bonds is 8. The molecule has 166 valence electrons. The van der Waals surface area contributed by atoms with Crippen LogP contribution in [0.4, 0.5) is 5.69 Å². The first kappa shape index (κ1) is 24.4. The average molecular weight is 529 g/mol. The highest BCUT2D eigenvalue weighted by Gasteiger charge is 2.32. The molecule has 0 spiro atoms. The molecular formula is C21H32IN5O3. The number of fused-ring (bicyclic) bond motifs is 1. The summed E-state index contributed by atoms with van der Waals surface area (Å²) in [7, 11) is 3.33. The maximum Gasteiger partial charge on any atom is 0.239 e. The molecule has 2 N–H and O–H groups in total. The molecule has 8 nitrogen and oxygen atoms in total. The van der Waals surface area contributed by atoms with Gasteiger partial charge in [-0.05, 0) is 24.5 Å². The van der Waals surface area contributed by atoms with E-state index in [0.717, 1.165) is 38.2 Å². The van der Waals surface area contributed by atoms with E-state index in [1.54, 1.807) is 14.2 Å². The van der Waals surface area contributed by atoms with E-state index in [9.17, 15) is 9.59 Å². The van der Waals surface area contributed by atoms with E-state index in [0.29, 0.717) is 31.4 Å². The van der Waals surface area contributed by atoms with Crippen molar-refractivity contribution < 1.29 is 14.3 Å². The molecule has 1 saturated heterocycles. The molecule has 2 heterocycles. The van der Waals surface area contributed by atoms with Gasteiger partial charge in [0, 0.05) is 58.4 Å². The standard InChI is InChI=1S/C21H31N5O3.HI/c1-22-21(24-14-19(27)23-10-13-29-2)26-15-16(17-6-3-4-7-18(17)26)9-12-25-11-5-8-20(25)28;/h3-4,6-7,16H,5,8-15H2,1-2H3,(H,22,24)(H,23,27);1H. The molecule has 0 saturated carbocycles. The van der Waals surface area contributed by atoms with Crippen molar-refractivity contribution >= 4 is 47.4 Å². The van der Waals surface area contributed by atoms with E-state index in [-0.39, 0.29) is 42.3 Å². The van der Waals surface area contributed by atoms with Gasteiger partial charge in [0.25, 0.3) is 0 Å². The zero-order valence-electron chi connectivity index (χ0n) is 17.7. The number of anilines is 1. The molecule has 1 fully saturated rings. The van der Waals surface area contributed by atoms with Gasteiger partial charge in [0.1, 0.15) is 0 Å². The lowest BCUT2D eigenvalue weighted by Gasteiger charge is -2.23. The normalized spacial score (nSPS) is 18.3. The Balaban J connectivity index is 0.00000320. The third-order valence-corrected chi connectivity index (χ3v) is 5.49. The number of halogens is 1. The van der Waals surface area contributed by atoms with Gasteiger partial charge in [-0.2, -0.15) is 0 Å². The summed E-state index contributed by atoms with van der Waals surface area (Å²) in [4.78, 5) is 32.4. The molecule has 1 atom stereocenters. The molecule has 2 amide bonds. The van der Waals surface area contributed by atoms with E-state index in [1.165, 1.54) is 5.56 Å². The Kier molecular flexibility index (Phi) is 9.83. The fourth-order valence-corrected chi connectivity index (χ4v) is 4.00. The van der Waals surface area contributed by atoms with Crippen LogP contribution in [0.5, 0.6) is 0 Å². The summed E-state index contributed by atoms with van der Waals surface area (Å²) in [5, 5.41) is 5.96. The number of ether oxygens (including phenoxy) is 1. The Morgan fingerprint density at radius 1 is 1.30 bits per heavy atom. The first-order valence-electron chi connectivity index (χ1n) is 10.2. The summed E-state index contributed by atoms with van der Waals surface area (Å²) in [6.07, 6.45) is 2.57. The Labute approximate surface area is 195 Å². The number of likely N-dealkylation sites (tertiary alicyclic amines) is 1. The van der Waals surface area contributed by atoms with Crippen molar-refractivity contribution in [2.45, 2.75) is 25.2 Å². The van der Waals surface area contributed by atoms with Gasteiger partial charge in [-0.15, -0.1) is 24.0 Å². The molecule has 2 aliphatic heterocycles. The number of nitrogens with zero attached hydrogens (tertiary/aromatic N) is 3. The average Bonchev–Trinajstić information content (AvgIpc) is 3.31. The van der Waals surface area contributed by atoms with Crippen molar-refractivity contribution in [3.05, 3.63) is 29.8 Å². The van der Waals surface area contributed by atoms with Crippen molar-refractivity contribution in [1.82, 2.24) is 15.5 Å². The van der Waals surface area contributed by atoms with Gasteiger partial charge < -0.3 is 25.2 Å². The Morgan fingerprint density at radius 2 is 2.10 bits per heavy atom. The fraction of sp³-hybridized carbons (Fsp3) is 0.571. The topological polar surface area (TPSA) is 86.3 Å². The second kappa shape index (κ2) is 12.1. The monoisotopic (exact) mass is 529 g/mol. The minimum absolute atomic E-state index is 0. The molecule has 0 aromatic heterocycles. The number of benzene rings is 1. The number of nitrogens with one attached hydrogen (secondary N) is 2. The van der Waals surface area contributed by atoms with Crippen LogP contribution in [0.1, 0.15) is 30.7 Å². The molecule has 1 aromatic rings. The van der Waals surface area contributed by atoms with Gasteiger partial charge in [-0.25, -0.2) is 0 Å². The van der Waals surface area contributed by atoms with E-state index in [4.69, 9.17) is 4.74 Å². The molecule has 0 bridgehead atoms. The lowest BCUT2D eigenvalue weighted by molar-refractivity contribution is -0.127. The highest BCUT2D eigenvalue weighted by Crippen LogP contribution is 2.38. The van der Waals surface area contributed by atoms with Crippen LogP contribution >= 0.6 is 24.0 Å². The largest absolute Gasteiger partial charge is 0.383 e. The van der Waals surface area contributed by atoms with Crippen LogP contribution in [0.3, 0.4) is 0 Å². The van der Waals surface area contributed by atoms with Crippen LogP contribution in [-0.2, 0) is 14.3 Å². The van der Waals surface area contributed by atoms with E-state index in [2.05, 4.69) is 38.7 Å². The van der Waals surface area contributed by atoms with Gasteiger partial charge >= 0.3 is 0 Å². The van der Waals surface area contributed by atoms with Crippen molar-refractivity contribution in [3.8, 4) is 0 Å². The number of hydrogen-bond donors (Lipinski definition) is 2. The van der Waals surface area contributed by atoms with Crippen molar-refractivity contribution in [1.29, 1.82) is 0 Å². The minimum Gasteiger partial charge on any atom is -0.383 e. The lowest BCUT2D eigenvalue weighted by Crippen LogP contribution is -2.45. The molecule has 1 aromatic carbocycles. The van der Waals surface area contributed by atoms with Crippen LogP contribution in [0.2, 0.25) is 0 Å². The molecule has 1 unspecified atom stereocenters. The number of carbonyl (C=O) groups is 2. The minimum atomic E-state index is -0.0974. The number of para-hydroxylation sites is 1. The number of carbonyl (C=O) groups excluding carboxylic acids is 2. The maximum absolute atomic E-state index is 12.0. The molecule has 30 heavy (non-hydrogen) atoms. The third-order valence-electron chi connectivity index (χ3n) is 5.49. The SMILES string of the molecule is CN=C(NCC(=O)NCCOC)N1CC(CCN2CCCC2=O)c2ccccc21.I. The van der Waals surface area contributed by atoms with Crippen molar-refractivity contribution in [2.24, 2.45) is 4.99 Å². The molecule has 3 rings (SSSR count). The Morgan fingerprint density at radius 3 is 2.80 bits per heavy atom. The summed E-state index contributed by atoms with van der Waals surface area (Å²) in [5.41, 5.74) is 2.38. The number of aliphatic imine (C=N–C) groups is 1. The second-order valence-electron chi connectivity index (χ2n) is 7.38. The predicted octanol–water partition coefficient (Wildman–Crippen LogP) is 1.56. The highest BCUT2D eigenvalue weighted by molar-refractivity contribution is 14.0. The summed E-state index contributed by atoms with van der Waals surface area (Å²) in [6.45, 7) is 3.58. The number of guanidine groups is 1. The number of methoxy groups -OCH3 is 1. The fourth-order valence-electron chi connectivity index (χ4n) is 4.00. The molecular weight excluding hydrogens is 497 g/mol. The predicted molar refractivity (Wildman–Crippen MR) is 129 cm³/mol. The Hall–Kier alpha value is -1.88. The zero-order valence-corrected chi connectivity index (χ0v) is 20.1. The summed E-state index contributed by atoms with van der Waals surface area (Å²) in [6, 6.07) is 8.30. The zero-order chi connectivity index (χ0) is 20.6. The number of hydrogen-bond acceptors (Lipinski definition) is 4. The van der Waals surface area contributed by atoms with E-state index < -0.39 is 0 Å². The summed E-state index contributed by atoms with van der Waals surface area (Å²) >= 11 is 0. The van der Waals surface area contributed by atoms with Gasteiger partial charge in [0.2, 0.25) is 11.8 Å². The molecule has 9 heteroatoms. The van der Waals surface area contributed by atoms with Gasteiger partial charge in [-0.3, -0.25) is 14.6 Å². The lowest BCUT2D eigenvalue weighted by atomic mass is 9.98. The van der Waals surface area contributed by atoms with E-state index >= 15 is 0 Å². The van der Waals surface area contributed by atoms with Gasteiger partial charge in [-0.1, -0.05) is 18.2 Å². The first-order chi connectivity index (χ1) is 14.1.